The van der Waals surface area contributed by atoms with Crippen LogP contribution in [0.4, 0.5) is 0 Å². The second-order valence-electron chi connectivity index (χ2n) is 9.36. The Labute approximate surface area is 243 Å². The summed E-state index contributed by atoms with van der Waals surface area (Å²) in [6.45, 7) is 6.31. The van der Waals surface area contributed by atoms with Gasteiger partial charge in [-0.05, 0) is 27.7 Å². The third-order valence-electron chi connectivity index (χ3n) is 5.25. The van der Waals surface area contributed by atoms with E-state index >= 15 is 0 Å². The highest BCUT2D eigenvalue weighted by Crippen LogP contribution is 2.05. The SMILES string of the molecule is COC(=O)CC(C)C(=O)NC(C(=O)NCC(C)=O)C(C)O.COC(=O)CC(N)C(=O)NC(C(=O)NCC(C)=O)C(C)O. The molecule has 240 valence electrons. The summed E-state index contributed by atoms with van der Waals surface area (Å²) in [4.78, 5) is 90.9. The highest BCUT2D eigenvalue weighted by Gasteiger charge is 2.29. The van der Waals surface area contributed by atoms with Gasteiger partial charge in [0.05, 0.1) is 58.4 Å². The van der Waals surface area contributed by atoms with Crippen molar-refractivity contribution in [1.29, 1.82) is 0 Å². The van der Waals surface area contributed by atoms with Gasteiger partial charge in [-0.2, -0.15) is 0 Å². The van der Waals surface area contributed by atoms with Gasteiger partial charge >= 0.3 is 11.9 Å². The summed E-state index contributed by atoms with van der Waals surface area (Å²) in [5.41, 5.74) is 5.48. The van der Waals surface area contributed by atoms with Gasteiger partial charge in [0.2, 0.25) is 23.6 Å². The van der Waals surface area contributed by atoms with Gasteiger partial charge in [0, 0.05) is 5.92 Å². The van der Waals surface area contributed by atoms with Gasteiger partial charge < -0.3 is 46.7 Å². The molecule has 17 heteroatoms. The van der Waals surface area contributed by atoms with Gasteiger partial charge in [-0.1, -0.05) is 6.92 Å². The third-order valence-corrected chi connectivity index (χ3v) is 5.25. The Bertz CT molecular complexity index is 893. The lowest BCUT2D eigenvalue weighted by atomic mass is 10.1. The molecule has 0 aromatic carbocycles. The molecule has 0 radical (unpaired) electrons. The van der Waals surface area contributed by atoms with Crippen LogP contribution in [0.5, 0.6) is 0 Å². The highest BCUT2D eigenvalue weighted by molar-refractivity contribution is 5.93. The molecular weight excluding hydrogens is 562 g/mol. The van der Waals surface area contributed by atoms with Crippen LogP contribution < -0.4 is 27.0 Å². The molecule has 6 unspecified atom stereocenters. The monoisotopic (exact) mass is 605 g/mol. The molecule has 0 saturated carbocycles. The van der Waals surface area contributed by atoms with E-state index in [9.17, 15) is 48.6 Å². The Hall–Kier alpha value is -3.96. The Morgan fingerprint density at radius 3 is 1.33 bits per heavy atom. The predicted octanol–water partition coefficient (Wildman–Crippen LogP) is -3.80. The molecule has 0 aliphatic heterocycles. The number of hydrogen-bond donors (Lipinski definition) is 7. The van der Waals surface area contributed by atoms with Crippen LogP contribution in [-0.2, 0) is 47.8 Å². The first-order valence-electron chi connectivity index (χ1n) is 12.8. The fourth-order valence-electron chi connectivity index (χ4n) is 2.79. The van der Waals surface area contributed by atoms with E-state index in [0.717, 1.165) is 7.11 Å². The molecule has 0 aliphatic rings. The van der Waals surface area contributed by atoms with Crippen LogP contribution >= 0.6 is 0 Å². The van der Waals surface area contributed by atoms with Crippen LogP contribution in [0.3, 0.4) is 0 Å². The number of nitrogens with two attached hydrogens (primary N) is 1. The minimum absolute atomic E-state index is 0.135. The molecule has 0 spiro atoms. The average molecular weight is 606 g/mol. The number of hydrogen-bond acceptors (Lipinski definition) is 13. The van der Waals surface area contributed by atoms with Crippen LogP contribution in [0.2, 0.25) is 0 Å². The Morgan fingerprint density at radius 2 is 1.00 bits per heavy atom. The van der Waals surface area contributed by atoms with Gasteiger partial charge in [-0.25, -0.2) is 0 Å². The fourth-order valence-corrected chi connectivity index (χ4v) is 2.79. The van der Waals surface area contributed by atoms with Crippen LogP contribution in [0, 0.1) is 5.92 Å². The number of esters is 2. The zero-order valence-electron chi connectivity index (χ0n) is 24.8. The molecule has 0 aliphatic carbocycles. The van der Waals surface area contributed by atoms with E-state index in [1.54, 1.807) is 0 Å². The van der Waals surface area contributed by atoms with Gasteiger partial charge in [0.15, 0.2) is 0 Å². The Morgan fingerprint density at radius 1 is 0.643 bits per heavy atom. The molecule has 8 N–H and O–H groups in total. The maximum Gasteiger partial charge on any atom is 0.307 e. The zero-order valence-corrected chi connectivity index (χ0v) is 24.8. The molecular formula is C25H43N5O12. The quantitative estimate of drug-likeness (QED) is 0.0833. The highest BCUT2D eigenvalue weighted by atomic mass is 16.5. The summed E-state index contributed by atoms with van der Waals surface area (Å²) in [6.07, 6.45) is -2.84. The number of carbonyl (C=O) groups excluding carboxylic acids is 8. The molecule has 4 amide bonds. The van der Waals surface area contributed by atoms with Gasteiger partial charge in [0.1, 0.15) is 23.7 Å². The first-order valence-corrected chi connectivity index (χ1v) is 12.8. The number of methoxy groups -OCH3 is 2. The van der Waals surface area contributed by atoms with E-state index in [4.69, 9.17) is 5.73 Å². The molecule has 0 heterocycles. The van der Waals surface area contributed by atoms with Gasteiger partial charge in [-0.15, -0.1) is 0 Å². The van der Waals surface area contributed by atoms with E-state index in [1.165, 1.54) is 41.7 Å². The van der Waals surface area contributed by atoms with Crippen LogP contribution in [0.1, 0.15) is 47.5 Å². The van der Waals surface area contributed by atoms with Crippen molar-refractivity contribution in [3.63, 3.8) is 0 Å². The van der Waals surface area contributed by atoms with Crippen molar-refractivity contribution >= 4 is 47.1 Å². The van der Waals surface area contributed by atoms with Crippen molar-refractivity contribution in [2.75, 3.05) is 27.3 Å². The van der Waals surface area contributed by atoms with Crippen LogP contribution in [0.15, 0.2) is 0 Å². The summed E-state index contributed by atoms with van der Waals surface area (Å²) in [5, 5.41) is 28.2. The number of Topliss-reactive ketones (excluding diaryl/α,β-unsaturated/α-hetero) is 2. The Balaban J connectivity index is 0. The maximum atomic E-state index is 11.9. The molecule has 0 fully saturated rings. The fraction of sp³-hybridized carbons (Fsp3) is 0.680. The topological polar surface area (TPSA) is 270 Å². The molecule has 17 nitrogen and oxygen atoms in total. The number of ketones is 2. The lowest BCUT2D eigenvalue weighted by Gasteiger charge is -2.22. The molecule has 0 bridgehead atoms. The lowest BCUT2D eigenvalue weighted by Crippen LogP contribution is -2.56. The number of aliphatic hydroxyl groups is 2. The largest absolute Gasteiger partial charge is 0.469 e. The van der Waals surface area contributed by atoms with Gasteiger partial charge in [-0.3, -0.25) is 38.4 Å². The van der Waals surface area contributed by atoms with E-state index in [2.05, 4.69) is 30.7 Å². The molecule has 0 aromatic heterocycles. The summed E-state index contributed by atoms with van der Waals surface area (Å²) < 4.78 is 8.82. The first kappa shape index (κ1) is 40.2. The van der Waals surface area contributed by atoms with Crippen LogP contribution in [0.25, 0.3) is 0 Å². The number of rotatable bonds is 16. The summed E-state index contributed by atoms with van der Waals surface area (Å²) in [5.74, 6) is -5.20. The number of amides is 4. The lowest BCUT2D eigenvalue weighted by molar-refractivity contribution is -0.144. The second-order valence-corrected chi connectivity index (χ2v) is 9.36. The second kappa shape index (κ2) is 20.8. The minimum atomic E-state index is -1.28. The standard InChI is InChI=1S/C13H22N2O6.C12H21N3O6/c1-7(5-10(18)21-4)12(19)15-11(9(3)17)13(20)14-6-8(2)16;1-6(16)5-14-12(20)10(7(2)17)15-11(19)8(13)4-9(18)21-3/h7,9,11,17H,5-6H2,1-4H3,(H,14,20)(H,15,19);7-8,10,17H,4-5,13H2,1-3H3,(H,14,20)(H,15,19). The zero-order chi connectivity index (χ0) is 33.2. The van der Waals surface area contributed by atoms with Crippen molar-refractivity contribution in [3.05, 3.63) is 0 Å². The summed E-state index contributed by atoms with van der Waals surface area (Å²) >= 11 is 0. The van der Waals surface area contributed by atoms with Crippen molar-refractivity contribution in [3.8, 4) is 0 Å². The smallest absolute Gasteiger partial charge is 0.307 e. The molecule has 0 saturated heterocycles. The van der Waals surface area contributed by atoms with E-state index < -0.39 is 71.8 Å². The third kappa shape index (κ3) is 17.7. The Kier molecular flexibility index (Phi) is 19.9. The van der Waals surface area contributed by atoms with E-state index in [-0.39, 0.29) is 37.5 Å². The normalized spacial score (nSPS) is 14.5. The minimum Gasteiger partial charge on any atom is -0.469 e. The number of carbonyl (C=O) groups is 8. The van der Waals surface area contributed by atoms with E-state index in [1.807, 2.05) is 0 Å². The number of nitrogens with one attached hydrogen (secondary N) is 4. The van der Waals surface area contributed by atoms with Crippen molar-refractivity contribution < 1.29 is 58.0 Å². The van der Waals surface area contributed by atoms with Crippen molar-refractivity contribution in [2.24, 2.45) is 11.7 Å². The van der Waals surface area contributed by atoms with Crippen molar-refractivity contribution in [2.45, 2.75) is 77.8 Å². The molecule has 6 atom stereocenters. The first-order chi connectivity index (χ1) is 19.4. The van der Waals surface area contributed by atoms with E-state index in [0.29, 0.717) is 0 Å². The van der Waals surface area contributed by atoms with Crippen molar-refractivity contribution in [1.82, 2.24) is 21.3 Å². The van der Waals surface area contributed by atoms with Gasteiger partial charge in [0.25, 0.3) is 0 Å². The molecule has 0 aromatic rings. The molecule has 0 rings (SSSR count). The summed E-state index contributed by atoms with van der Waals surface area (Å²) in [6, 6.07) is -3.68. The predicted molar refractivity (Wildman–Crippen MR) is 145 cm³/mol. The number of ether oxygens (including phenoxy) is 2. The number of aliphatic hydroxyl groups excluding tert-OH is 2. The summed E-state index contributed by atoms with van der Waals surface area (Å²) in [7, 11) is 2.36. The average Bonchev–Trinajstić information content (AvgIpc) is 2.91. The van der Waals surface area contributed by atoms with Crippen LogP contribution in [-0.4, -0.2) is 115 Å². The maximum absolute atomic E-state index is 11.9. The molecule has 42 heavy (non-hydrogen) atoms.